The molecule has 0 spiro atoms. The number of nitrogens with one attached hydrogen (secondary N) is 1. The number of aryl methyl sites for hydroxylation is 1. The predicted molar refractivity (Wildman–Crippen MR) is 125 cm³/mol. The van der Waals surface area contributed by atoms with E-state index < -0.39 is 46.0 Å². The summed E-state index contributed by atoms with van der Waals surface area (Å²) in [6, 6.07) is 1.75. The second-order valence-electron chi connectivity index (χ2n) is 8.13. The van der Waals surface area contributed by atoms with Crippen LogP contribution in [0.25, 0.3) is 11.3 Å². The summed E-state index contributed by atoms with van der Waals surface area (Å²) in [5, 5.41) is 25.1. The number of benzene rings is 1. The molecule has 182 valence electrons. The first kappa shape index (κ1) is 25.9. The van der Waals surface area contributed by atoms with Crippen molar-refractivity contribution in [2.24, 2.45) is 0 Å². The second kappa shape index (κ2) is 9.47. The van der Waals surface area contributed by atoms with Gasteiger partial charge in [0.25, 0.3) is 5.91 Å². The number of carbonyl (C=O) groups is 4. The van der Waals surface area contributed by atoms with Crippen molar-refractivity contribution >= 4 is 58.7 Å². The maximum absolute atomic E-state index is 13.3. The minimum absolute atomic E-state index is 0.0148. The summed E-state index contributed by atoms with van der Waals surface area (Å²) >= 11 is 13.5. The molecule has 3 N–H and O–H groups in total. The number of aliphatic carboxylic acids is 2. The van der Waals surface area contributed by atoms with Crippen molar-refractivity contribution in [2.75, 3.05) is 0 Å². The fourth-order valence-corrected chi connectivity index (χ4v) is 6.17. The van der Waals surface area contributed by atoms with E-state index in [0.29, 0.717) is 0 Å². The largest absolute Gasteiger partial charge is 0.480 e. The Bertz CT molecular complexity index is 1160. The molecular weight excluding hydrogens is 509 g/mol. The van der Waals surface area contributed by atoms with E-state index in [9.17, 15) is 29.4 Å². The van der Waals surface area contributed by atoms with Crippen LogP contribution in [-0.4, -0.2) is 66.2 Å². The summed E-state index contributed by atoms with van der Waals surface area (Å²) in [6.07, 6.45) is 0. The monoisotopic (exact) mass is 529 g/mol. The van der Waals surface area contributed by atoms with Gasteiger partial charge in [-0.1, -0.05) is 34.4 Å². The summed E-state index contributed by atoms with van der Waals surface area (Å²) in [6.45, 7) is 5.79. The Kier molecular flexibility index (Phi) is 7.20. The van der Waals surface area contributed by atoms with Gasteiger partial charge in [-0.2, -0.15) is 0 Å². The van der Waals surface area contributed by atoms with Crippen LogP contribution in [0.5, 0.6) is 0 Å². The number of thioether (sulfide) groups is 1. The molecule has 1 fully saturated rings. The standard InChI is InChI=1S/C21H21Cl2N3O7S/c1-8-12(14(25-33-8)13-10(22)6-5-7-11(13)23)17(28)24-15(19(29)30)18-26(9(2)27)16(20(31)32)21(3,4)34-18/h5-7,15-16,18H,1-4H3,(H,24,28)(H,29,30)(H,31,32)/t15-,16-,18+/m0/s1. The van der Waals surface area contributed by atoms with E-state index in [1.54, 1.807) is 32.0 Å². The Labute approximate surface area is 208 Å². The number of aromatic nitrogens is 1. The van der Waals surface area contributed by atoms with Crippen LogP contribution in [-0.2, 0) is 14.4 Å². The molecule has 0 saturated carbocycles. The van der Waals surface area contributed by atoms with Crippen LogP contribution in [0.15, 0.2) is 22.7 Å². The molecular formula is C21H21Cl2N3O7S. The first-order valence-corrected chi connectivity index (χ1v) is 11.5. The number of carboxylic acid groups (broad SMARTS) is 2. The normalized spacial score (nSPS) is 20.1. The number of halogens is 2. The van der Waals surface area contributed by atoms with Crippen molar-refractivity contribution in [3.05, 3.63) is 39.6 Å². The molecule has 1 saturated heterocycles. The van der Waals surface area contributed by atoms with E-state index in [-0.39, 0.29) is 32.6 Å². The molecule has 1 aliphatic rings. The quantitative estimate of drug-likeness (QED) is 0.511. The smallest absolute Gasteiger partial charge is 0.329 e. The summed E-state index contributed by atoms with van der Waals surface area (Å²) in [7, 11) is 0. The Morgan fingerprint density at radius 2 is 1.79 bits per heavy atom. The van der Waals surface area contributed by atoms with Gasteiger partial charge in [-0.15, -0.1) is 11.8 Å². The third-order valence-corrected chi connectivity index (χ3v) is 7.56. The molecule has 1 aliphatic heterocycles. The van der Waals surface area contributed by atoms with E-state index in [2.05, 4.69) is 10.5 Å². The highest BCUT2D eigenvalue weighted by Gasteiger charge is 2.56. The van der Waals surface area contributed by atoms with Crippen molar-refractivity contribution in [1.29, 1.82) is 0 Å². The molecule has 1 aromatic carbocycles. The molecule has 0 unspecified atom stereocenters. The molecule has 1 aromatic heterocycles. The van der Waals surface area contributed by atoms with Crippen LogP contribution in [0.2, 0.25) is 10.0 Å². The number of hydrogen-bond donors (Lipinski definition) is 3. The van der Waals surface area contributed by atoms with E-state index >= 15 is 0 Å². The number of carboxylic acids is 2. The van der Waals surface area contributed by atoms with Crippen molar-refractivity contribution in [3.63, 3.8) is 0 Å². The van der Waals surface area contributed by atoms with Gasteiger partial charge in [-0.25, -0.2) is 9.59 Å². The molecule has 10 nitrogen and oxygen atoms in total. The number of nitrogens with zero attached hydrogens (tertiary/aromatic N) is 2. The van der Waals surface area contributed by atoms with Crippen LogP contribution in [0.3, 0.4) is 0 Å². The lowest BCUT2D eigenvalue weighted by Crippen LogP contribution is -2.57. The first-order chi connectivity index (χ1) is 15.8. The molecule has 2 amide bonds. The van der Waals surface area contributed by atoms with Gasteiger partial charge in [-0.05, 0) is 32.9 Å². The molecule has 2 heterocycles. The molecule has 0 aliphatic carbocycles. The summed E-state index contributed by atoms with van der Waals surface area (Å²) in [4.78, 5) is 50.7. The van der Waals surface area contributed by atoms with Gasteiger partial charge in [-0.3, -0.25) is 9.59 Å². The lowest BCUT2D eigenvalue weighted by atomic mass is 10.0. The second-order valence-corrected chi connectivity index (χ2v) is 10.7. The van der Waals surface area contributed by atoms with Gasteiger partial charge in [0.05, 0.1) is 10.0 Å². The Balaban J connectivity index is 2.02. The van der Waals surface area contributed by atoms with Crippen LogP contribution in [0, 0.1) is 6.92 Å². The average molecular weight is 530 g/mol. The van der Waals surface area contributed by atoms with Crippen molar-refractivity contribution in [3.8, 4) is 11.3 Å². The highest BCUT2D eigenvalue weighted by Crippen LogP contribution is 2.46. The molecule has 34 heavy (non-hydrogen) atoms. The van der Waals surface area contributed by atoms with Crippen molar-refractivity contribution in [1.82, 2.24) is 15.4 Å². The van der Waals surface area contributed by atoms with Crippen LogP contribution >= 0.6 is 35.0 Å². The summed E-state index contributed by atoms with van der Waals surface area (Å²) in [5.41, 5.74) is 0.154. The van der Waals surface area contributed by atoms with Gasteiger partial charge >= 0.3 is 11.9 Å². The lowest BCUT2D eigenvalue weighted by Gasteiger charge is -2.31. The summed E-state index contributed by atoms with van der Waals surface area (Å²) in [5.74, 6) is -4.15. The predicted octanol–water partition coefficient (Wildman–Crippen LogP) is 3.29. The molecule has 13 heteroatoms. The van der Waals surface area contributed by atoms with Gasteiger partial charge in [0.2, 0.25) is 5.91 Å². The van der Waals surface area contributed by atoms with Crippen LogP contribution in [0.4, 0.5) is 0 Å². The maximum atomic E-state index is 13.3. The van der Waals surface area contributed by atoms with E-state index in [4.69, 9.17) is 27.7 Å². The number of amides is 2. The SMILES string of the molecule is CC(=O)N1[C@@H]([C@H](NC(=O)c2c(-c3c(Cl)cccc3Cl)noc2C)C(=O)O)SC(C)(C)[C@@H]1C(=O)O. The fourth-order valence-electron chi connectivity index (χ4n) is 3.92. The molecule has 3 rings (SSSR count). The van der Waals surface area contributed by atoms with Crippen molar-refractivity contribution in [2.45, 2.75) is 49.9 Å². The fraction of sp³-hybridized carbons (Fsp3) is 0.381. The number of hydrogen-bond acceptors (Lipinski definition) is 7. The van der Waals surface area contributed by atoms with Gasteiger partial charge in [0.1, 0.15) is 28.4 Å². The topological polar surface area (TPSA) is 150 Å². The van der Waals surface area contributed by atoms with Gasteiger partial charge in [0, 0.05) is 17.2 Å². The maximum Gasteiger partial charge on any atom is 0.329 e. The Morgan fingerprint density at radius 3 is 2.29 bits per heavy atom. The van der Waals surface area contributed by atoms with Crippen molar-refractivity contribution < 1.29 is 33.9 Å². The van der Waals surface area contributed by atoms with Gasteiger partial charge in [0.15, 0.2) is 6.04 Å². The minimum atomic E-state index is -1.64. The zero-order chi connectivity index (χ0) is 25.5. The first-order valence-electron chi connectivity index (χ1n) is 9.91. The molecule has 0 radical (unpaired) electrons. The average Bonchev–Trinajstić information content (AvgIpc) is 3.22. The molecule has 2 aromatic rings. The van der Waals surface area contributed by atoms with Gasteiger partial charge < -0.3 is 25.0 Å². The van der Waals surface area contributed by atoms with Crippen LogP contribution < -0.4 is 5.32 Å². The highest BCUT2D eigenvalue weighted by molar-refractivity contribution is 8.01. The Hall–Kier alpha value is -2.76. The third-order valence-electron chi connectivity index (χ3n) is 5.36. The molecule has 3 atom stereocenters. The van der Waals surface area contributed by atoms with Crippen LogP contribution in [0.1, 0.15) is 36.9 Å². The minimum Gasteiger partial charge on any atom is -0.480 e. The molecule has 0 bridgehead atoms. The lowest BCUT2D eigenvalue weighted by molar-refractivity contribution is -0.152. The Morgan fingerprint density at radius 1 is 1.21 bits per heavy atom. The highest BCUT2D eigenvalue weighted by atomic mass is 35.5. The van der Waals surface area contributed by atoms with E-state index in [1.807, 2.05) is 0 Å². The number of carbonyl (C=O) groups excluding carboxylic acids is 2. The van der Waals surface area contributed by atoms with E-state index in [0.717, 1.165) is 23.6 Å². The zero-order valence-corrected chi connectivity index (χ0v) is 20.8. The summed E-state index contributed by atoms with van der Waals surface area (Å²) < 4.78 is 4.14. The third kappa shape index (κ3) is 4.59. The zero-order valence-electron chi connectivity index (χ0n) is 18.5. The van der Waals surface area contributed by atoms with E-state index in [1.165, 1.54) is 6.92 Å². The number of rotatable bonds is 6.